The highest BCUT2D eigenvalue weighted by Crippen LogP contribution is 2.17. The summed E-state index contributed by atoms with van der Waals surface area (Å²) >= 11 is 0. The standard InChI is InChI=1S/C13H18N4O/c1-11(12-4-3-5-14-8-12)16-13-9-15-17(10-13)6-7-18-2/h3-5,8-11,16H,6-7H2,1-2H3. The largest absolute Gasteiger partial charge is 0.383 e. The lowest BCUT2D eigenvalue weighted by Gasteiger charge is -2.13. The molecule has 0 spiro atoms. The van der Waals surface area contributed by atoms with Crippen molar-refractivity contribution in [2.24, 2.45) is 0 Å². The number of pyridine rings is 1. The molecule has 0 aliphatic heterocycles. The highest BCUT2D eigenvalue weighted by molar-refractivity contribution is 5.41. The van der Waals surface area contributed by atoms with Gasteiger partial charge < -0.3 is 10.1 Å². The average Bonchev–Trinajstić information content (AvgIpc) is 2.85. The summed E-state index contributed by atoms with van der Waals surface area (Å²) in [4.78, 5) is 4.12. The van der Waals surface area contributed by atoms with Crippen LogP contribution in [0, 0.1) is 0 Å². The Morgan fingerprint density at radius 1 is 1.44 bits per heavy atom. The van der Waals surface area contributed by atoms with Crippen LogP contribution in [0.5, 0.6) is 0 Å². The average molecular weight is 246 g/mol. The molecule has 18 heavy (non-hydrogen) atoms. The first kappa shape index (κ1) is 12.6. The van der Waals surface area contributed by atoms with E-state index in [0.29, 0.717) is 6.61 Å². The lowest BCUT2D eigenvalue weighted by Crippen LogP contribution is -2.06. The minimum absolute atomic E-state index is 0.207. The van der Waals surface area contributed by atoms with Crippen LogP contribution in [-0.4, -0.2) is 28.5 Å². The second kappa shape index (κ2) is 6.16. The van der Waals surface area contributed by atoms with Crippen molar-refractivity contribution < 1.29 is 4.74 Å². The third-order valence-electron chi connectivity index (χ3n) is 2.73. The summed E-state index contributed by atoms with van der Waals surface area (Å²) in [6.07, 6.45) is 7.44. The first-order chi connectivity index (χ1) is 8.79. The number of aromatic nitrogens is 3. The van der Waals surface area contributed by atoms with Gasteiger partial charge in [-0.25, -0.2) is 0 Å². The molecule has 96 valence electrons. The molecule has 2 aromatic heterocycles. The third kappa shape index (κ3) is 3.30. The quantitative estimate of drug-likeness (QED) is 0.848. The van der Waals surface area contributed by atoms with Crippen molar-refractivity contribution in [2.45, 2.75) is 19.5 Å². The summed E-state index contributed by atoms with van der Waals surface area (Å²) in [5, 5.41) is 7.65. The summed E-state index contributed by atoms with van der Waals surface area (Å²) in [5.41, 5.74) is 2.16. The van der Waals surface area contributed by atoms with Crippen LogP contribution in [0.1, 0.15) is 18.5 Å². The van der Waals surface area contributed by atoms with Gasteiger partial charge >= 0.3 is 0 Å². The molecule has 0 aliphatic rings. The van der Waals surface area contributed by atoms with Gasteiger partial charge in [-0.15, -0.1) is 0 Å². The molecular weight excluding hydrogens is 228 g/mol. The molecular formula is C13H18N4O. The maximum Gasteiger partial charge on any atom is 0.0731 e. The molecule has 5 nitrogen and oxygen atoms in total. The van der Waals surface area contributed by atoms with Crippen molar-refractivity contribution in [1.82, 2.24) is 14.8 Å². The molecule has 1 N–H and O–H groups in total. The van der Waals surface area contributed by atoms with E-state index in [1.807, 2.05) is 29.3 Å². The number of hydrogen-bond acceptors (Lipinski definition) is 4. The molecule has 0 radical (unpaired) electrons. The minimum Gasteiger partial charge on any atom is -0.383 e. The number of ether oxygens (including phenoxy) is 1. The summed E-state index contributed by atoms with van der Waals surface area (Å²) in [6.45, 7) is 3.53. The van der Waals surface area contributed by atoms with Crippen LogP contribution in [0.4, 0.5) is 5.69 Å². The predicted molar refractivity (Wildman–Crippen MR) is 70.4 cm³/mol. The zero-order valence-electron chi connectivity index (χ0n) is 10.7. The maximum atomic E-state index is 5.02. The molecule has 2 aromatic rings. The fourth-order valence-corrected chi connectivity index (χ4v) is 1.71. The number of methoxy groups -OCH3 is 1. The summed E-state index contributed by atoms with van der Waals surface area (Å²) in [6, 6.07) is 4.20. The molecule has 2 heterocycles. The Hall–Kier alpha value is -1.88. The van der Waals surface area contributed by atoms with Crippen molar-refractivity contribution in [3.8, 4) is 0 Å². The Labute approximate surface area is 107 Å². The third-order valence-corrected chi connectivity index (χ3v) is 2.73. The van der Waals surface area contributed by atoms with Crippen LogP contribution in [0.25, 0.3) is 0 Å². The maximum absolute atomic E-state index is 5.02. The van der Waals surface area contributed by atoms with Crippen LogP contribution < -0.4 is 5.32 Å². The van der Waals surface area contributed by atoms with Crippen LogP contribution in [-0.2, 0) is 11.3 Å². The SMILES string of the molecule is COCCn1cc(NC(C)c2cccnc2)cn1. The molecule has 0 amide bonds. The lowest BCUT2D eigenvalue weighted by atomic mass is 10.1. The number of anilines is 1. The number of nitrogens with one attached hydrogen (secondary N) is 1. The molecule has 0 fully saturated rings. The van der Waals surface area contributed by atoms with Crippen LogP contribution in [0.2, 0.25) is 0 Å². The predicted octanol–water partition coefficient (Wildman–Crippen LogP) is 2.10. The molecule has 1 atom stereocenters. The Bertz CT molecular complexity index is 469. The zero-order chi connectivity index (χ0) is 12.8. The van der Waals surface area contributed by atoms with Gasteiger partial charge in [0.2, 0.25) is 0 Å². The van der Waals surface area contributed by atoms with E-state index < -0.39 is 0 Å². The van der Waals surface area contributed by atoms with Gasteiger partial charge in [-0.05, 0) is 18.6 Å². The number of hydrogen-bond donors (Lipinski definition) is 1. The fraction of sp³-hybridized carbons (Fsp3) is 0.385. The van der Waals surface area contributed by atoms with Gasteiger partial charge in [-0.1, -0.05) is 6.07 Å². The topological polar surface area (TPSA) is 52.0 Å². The van der Waals surface area contributed by atoms with E-state index in [-0.39, 0.29) is 6.04 Å². The van der Waals surface area contributed by atoms with E-state index in [2.05, 4.69) is 28.4 Å². The molecule has 0 saturated carbocycles. The lowest BCUT2D eigenvalue weighted by molar-refractivity contribution is 0.183. The second-order valence-electron chi connectivity index (χ2n) is 4.14. The van der Waals surface area contributed by atoms with Gasteiger partial charge in [-0.3, -0.25) is 9.67 Å². The smallest absolute Gasteiger partial charge is 0.0731 e. The van der Waals surface area contributed by atoms with Crippen molar-refractivity contribution in [3.05, 3.63) is 42.5 Å². The summed E-state index contributed by atoms with van der Waals surface area (Å²) < 4.78 is 6.88. The van der Waals surface area contributed by atoms with Gasteiger partial charge in [0.05, 0.1) is 31.1 Å². The summed E-state index contributed by atoms with van der Waals surface area (Å²) in [5.74, 6) is 0. The highest BCUT2D eigenvalue weighted by Gasteiger charge is 2.06. The van der Waals surface area contributed by atoms with Crippen molar-refractivity contribution in [2.75, 3.05) is 19.0 Å². The Balaban J connectivity index is 1.95. The first-order valence-electron chi connectivity index (χ1n) is 5.97. The fourth-order valence-electron chi connectivity index (χ4n) is 1.71. The molecule has 0 aliphatic carbocycles. The van der Waals surface area contributed by atoms with E-state index in [9.17, 15) is 0 Å². The van der Waals surface area contributed by atoms with Gasteiger partial charge in [0.1, 0.15) is 0 Å². The Morgan fingerprint density at radius 3 is 3.06 bits per heavy atom. The normalized spacial score (nSPS) is 12.3. The zero-order valence-corrected chi connectivity index (χ0v) is 10.7. The van der Waals surface area contributed by atoms with Crippen molar-refractivity contribution in [3.63, 3.8) is 0 Å². The van der Waals surface area contributed by atoms with Gasteiger partial charge in [0, 0.05) is 25.7 Å². The van der Waals surface area contributed by atoms with Gasteiger partial charge in [0.15, 0.2) is 0 Å². The first-order valence-corrected chi connectivity index (χ1v) is 5.97. The van der Waals surface area contributed by atoms with Crippen LogP contribution in [0.15, 0.2) is 36.9 Å². The Kier molecular flexibility index (Phi) is 4.30. The van der Waals surface area contributed by atoms with Gasteiger partial charge in [-0.2, -0.15) is 5.10 Å². The molecule has 5 heteroatoms. The molecule has 2 rings (SSSR count). The summed E-state index contributed by atoms with van der Waals surface area (Å²) in [7, 11) is 1.69. The van der Waals surface area contributed by atoms with Crippen LogP contribution in [0.3, 0.4) is 0 Å². The minimum atomic E-state index is 0.207. The molecule has 0 bridgehead atoms. The van der Waals surface area contributed by atoms with E-state index in [4.69, 9.17) is 4.74 Å². The molecule has 1 unspecified atom stereocenters. The van der Waals surface area contributed by atoms with Crippen molar-refractivity contribution in [1.29, 1.82) is 0 Å². The van der Waals surface area contributed by atoms with E-state index in [1.165, 1.54) is 0 Å². The van der Waals surface area contributed by atoms with E-state index >= 15 is 0 Å². The molecule has 0 saturated heterocycles. The Morgan fingerprint density at radius 2 is 2.33 bits per heavy atom. The van der Waals surface area contributed by atoms with E-state index in [0.717, 1.165) is 17.8 Å². The molecule has 0 aromatic carbocycles. The van der Waals surface area contributed by atoms with Crippen LogP contribution >= 0.6 is 0 Å². The monoisotopic (exact) mass is 246 g/mol. The van der Waals surface area contributed by atoms with Gasteiger partial charge in [0.25, 0.3) is 0 Å². The number of nitrogens with zero attached hydrogens (tertiary/aromatic N) is 3. The highest BCUT2D eigenvalue weighted by atomic mass is 16.5. The second-order valence-corrected chi connectivity index (χ2v) is 4.14. The van der Waals surface area contributed by atoms with Crippen molar-refractivity contribution >= 4 is 5.69 Å². The number of rotatable bonds is 6. The van der Waals surface area contributed by atoms with E-state index in [1.54, 1.807) is 13.3 Å².